The molecule has 0 unspecified atom stereocenters. The van der Waals surface area contributed by atoms with Crippen LogP contribution in [0.2, 0.25) is 0 Å². The van der Waals surface area contributed by atoms with Crippen LogP contribution in [0.5, 0.6) is 0 Å². The first kappa shape index (κ1) is 16.9. The van der Waals surface area contributed by atoms with Crippen LogP contribution in [0.3, 0.4) is 0 Å². The van der Waals surface area contributed by atoms with Crippen molar-refractivity contribution in [2.75, 3.05) is 0 Å². The minimum absolute atomic E-state index is 0.0907. The summed E-state index contributed by atoms with van der Waals surface area (Å²) < 4.78 is 3.74. The van der Waals surface area contributed by atoms with Crippen LogP contribution in [0.1, 0.15) is 37.1 Å². The van der Waals surface area contributed by atoms with Gasteiger partial charge in [0.2, 0.25) is 0 Å². The highest BCUT2D eigenvalue weighted by Gasteiger charge is 2.27. The Morgan fingerprint density at radius 1 is 1.07 bits per heavy atom. The first-order valence-corrected chi connectivity index (χ1v) is 9.82. The lowest BCUT2D eigenvalue weighted by Crippen LogP contribution is -2.19. The van der Waals surface area contributed by atoms with Gasteiger partial charge in [-0.05, 0) is 68.5 Å². The largest absolute Gasteiger partial charge is 0.309 e. The number of benzene rings is 2. The molecule has 2 aromatic carbocycles. The lowest BCUT2D eigenvalue weighted by molar-refractivity contribution is 0.757. The average Bonchev–Trinajstić information content (AvgIpc) is 3.49. The molecule has 1 aliphatic carbocycles. The van der Waals surface area contributed by atoms with Crippen molar-refractivity contribution < 1.29 is 0 Å². The van der Waals surface area contributed by atoms with Crippen molar-refractivity contribution >= 4 is 10.9 Å². The van der Waals surface area contributed by atoms with Crippen LogP contribution in [0.15, 0.2) is 59.4 Å². The number of hydrogen-bond donors (Lipinski definition) is 0. The number of fused-ring (bicyclic) bond motifs is 1. The molecule has 0 radical (unpaired) electrons. The molecule has 0 atom stereocenters. The molecule has 0 spiro atoms. The highest BCUT2D eigenvalue weighted by atomic mass is 16.1. The van der Waals surface area contributed by atoms with Gasteiger partial charge in [-0.3, -0.25) is 4.79 Å². The van der Waals surface area contributed by atoms with E-state index in [2.05, 4.69) is 17.2 Å². The number of para-hydroxylation sites is 1. The third-order valence-corrected chi connectivity index (χ3v) is 5.45. The van der Waals surface area contributed by atoms with Gasteiger partial charge in [-0.15, -0.1) is 0 Å². The van der Waals surface area contributed by atoms with E-state index in [0.29, 0.717) is 12.5 Å². The number of aromatic nitrogens is 4. The van der Waals surface area contributed by atoms with E-state index in [-0.39, 0.29) is 5.56 Å². The second-order valence-electron chi connectivity index (χ2n) is 7.42. The molecule has 5 nitrogen and oxygen atoms in total. The Bertz CT molecular complexity index is 1230. The molecular weight excluding hydrogens is 348 g/mol. The normalized spacial score (nSPS) is 13.9. The molecule has 0 saturated heterocycles. The molecule has 2 heterocycles. The maximum absolute atomic E-state index is 12.6. The molecule has 2 aromatic heterocycles. The maximum atomic E-state index is 12.6. The molecule has 0 amide bonds. The number of rotatable bonds is 4. The van der Waals surface area contributed by atoms with Crippen molar-refractivity contribution in [1.29, 1.82) is 0 Å². The zero-order valence-corrected chi connectivity index (χ0v) is 16.1. The van der Waals surface area contributed by atoms with Crippen LogP contribution in [-0.4, -0.2) is 19.3 Å². The fourth-order valence-corrected chi connectivity index (χ4v) is 3.96. The summed E-state index contributed by atoms with van der Waals surface area (Å²) in [6.45, 7) is 4.59. The van der Waals surface area contributed by atoms with Crippen LogP contribution < -0.4 is 5.56 Å². The first-order chi connectivity index (χ1) is 13.7. The Kier molecular flexibility index (Phi) is 3.90. The molecule has 5 rings (SSSR count). The smallest absolute Gasteiger partial charge is 0.251 e. The van der Waals surface area contributed by atoms with Gasteiger partial charge in [-0.25, -0.2) is 9.67 Å². The Morgan fingerprint density at radius 2 is 1.86 bits per heavy atom. The van der Waals surface area contributed by atoms with E-state index in [9.17, 15) is 4.79 Å². The Labute approximate surface area is 163 Å². The van der Waals surface area contributed by atoms with Gasteiger partial charge in [0.05, 0.1) is 11.2 Å². The molecule has 0 N–H and O–H groups in total. The van der Waals surface area contributed by atoms with Crippen molar-refractivity contribution in [2.24, 2.45) is 0 Å². The number of nitrogens with zero attached hydrogens (tertiary/aromatic N) is 4. The minimum Gasteiger partial charge on any atom is -0.309 e. The van der Waals surface area contributed by atoms with E-state index in [1.807, 2.05) is 65.6 Å². The summed E-state index contributed by atoms with van der Waals surface area (Å²) in [5.74, 6) is 2.06. The second kappa shape index (κ2) is 6.44. The van der Waals surface area contributed by atoms with Gasteiger partial charge in [0.15, 0.2) is 5.82 Å². The summed E-state index contributed by atoms with van der Waals surface area (Å²) >= 11 is 0. The van der Waals surface area contributed by atoms with Crippen LogP contribution >= 0.6 is 0 Å². The molecule has 28 heavy (non-hydrogen) atoms. The van der Waals surface area contributed by atoms with Crippen molar-refractivity contribution in [3.05, 3.63) is 76.3 Å². The Morgan fingerprint density at radius 3 is 2.57 bits per heavy atom. The van der Waals surface area contributed by atoms with Crippen LogP contribution in [0.25, 0.3) is 28.0 Å². The minimum atomic E-state index is 0.0907. The number of hydrogen-bond acceptors (Lipinski definition) is 3. The monoisotopic (exact) mass is 370 g/mol. The van der Waals surface area contributed by atoms with E-state index in [1.54, 1.807) is 0 Å². The molecule has 0 bridgehead atoms. The first-order valence-electron chi connectivity index (χ1n) is 9.82. The Hall–Kier alpha value is -3.21. The highest BCUT2D eigenvalue weighted by Crippen LogP contribution is 2.43. The quantitative estimate of drug-likeness (QED) is 0.533. The molecule has 1 saturated carbocycles. The summed E-state index contributed by atoms with van der Waals surface area (Å²) in [5, 5.41) is 5.76. The molecule has 0 aliphatic heterocycles. The van der Waals surface area contributed by atoms with E-state index >= 15 is 0 Å². The zero-order valence-electron chi connectivity index (χ0n) is 16.1. The summed E-state index contributed by atoms with van der Waals surface area (Å²) in [6.07, 6.45) is 2.32. The van der Waals surface area contributed by atoms with Gasteiger partial charge in [0.25, 0.3) is 5.56 Å². The zero-order chi connectivity index (χ0) is 19.3. The van der Waals surface area contributed by atoms with E-state index in [0.717, 1.165) is 46.6 Å². The van der Waals surface area contributed by atoms with Crippen molar-refractivity contribution in [3.8, 4) is 17.1 Å². The average molecular weight is 370 g/mol. The highest BCUT2D eigenvalue weighted by molar-refractivity contribution is 5.87. The molecule has 4 aromatic rings. The molecule has 5 heteroatoms. The predicted molar refractivity (Wildman–Crippen MR) is 111 cm³/mol. The molecule has 140 valence electrons. The fraction of sp³-hybridized carbons (Fsp3) is 0.261. The SMILES string of the molecule is CCn1c(=O)cc(C2CC2)c2cc(-c3nc(C)nn3-c3ccccc3)ccc21. The van der Waals surface area contributed by atoms with E-state index < -0.39 is 0 Å². The third-order valence-electron chi connectivity index (χ3n) is 5.45. The lowest BCUT2D eigenvalue weighted by atomic mass is 10.0. The number of pyridine rings is 1. The van der Waals surface area contributed by atoms with Crippen molar-refractivity contribution in [1.82, 2.24) is 19.3 Å². The Balaban J connectivity index is 1.75. The topological polar surface area (TPSA) is 52.7 Å². The molecule has 1 fully saturated rings. The fourth-order valence-electron chi connectivity index (χ4n) is 3.96. The van der Waals surface area contributed by atoms with Gasteiger partial charge in [0.1, 0.15) is 5.82 Å². The van der Waals surface area contributed by atoms with Crippen LogP contribution in [0.4, 0.5) is 0 Å². The molecular formula is C23H22N4O. The maximum Gasteiger partial charge on any atom is 0.251 e. The molecule has 1 aliphatic rings. The summed E-state index contributed by atoms with van der Waals surface area (Å²) in [4.78, 5) is 17.2. The van der Waals surface area contributed by atoms with Gasteiger partial charge in [-0.1, -0.05) is 18.2 Å². The standard InChI is InChI=1S/C23H22N4O/c1-3-26-21-12-11-17(13-20(21)19(14-22(26)28)16-9-10-16)23-24-15(2)25-27(23)18-7-5-4-6-8-18/h4-8,11-14,16H,3,9-10H2,1-2H3. The second-order valence-corrected chi connectivity index (χ2v) is 7.42. The van der Waals surface area contributed by atoms with Gasteiger partial charge >= 0.3 is 0 Å². The predicted octanol–water partition coefficient (Wildman–Crippen LogP) is 4.45. The van der Waals surface area contributed by atoms with E-state index in [4.69, 9.17) is 4.98 Å². The number of aryl methyl sites for hydroxylation is 2. The van der Waals surface area contributed by atoms with Crippen LogP contribution in [0, 0.1) is 6.92 Å². The summed E-state index contributed by atoms with van der Waals surface area (Å²) in [6, 6.07) is 18.2. The van der Waals surface area contributed by atoms with Gasteiger partial charge in [0, 0.05) is 23.6 Å². The third kappa shape index (κ3) is 2.74. The van der Waals surface area contributed by atoms with Gasteiger partial charge in [-0.2, -0.15) is 5.10 Å². The van der Waals surface area contributed by atoms with Crippen molar-refractivity contribution in [3.63, 3.8) is 0 Å². The lowest BCUT2D eigenvalue weighted by Gasteiger charge is -2.13. The van der Waals surface area contributed by atoms with Crippen LogP contribution in [-0.2, 0) is 6.54 Å². The summed E-state index contributed by atoms with van der Waals surface area (Å²) in [7, 11) is 0. The van der Waals surface area contributed by atoms with Crippen molar-refractivity contribution in [2.45, 2.75) is 39.2 Å². The van der Waals surface area contributed by atoms with Gasteiger partial charge < -0.3 is 4.57 Å². The van der Waals surface area contributed by atoms with E-state index in [1.165, 1.54) is 5.56 Å². The summed E-state index contributed by atoms with van der Waals surface area (Å²) in [5.41, 5.74) is 4.27.